The van der Waals surface area contributed by atoms with E-state index < -0.39 is 17.9 Å². The van der Waals surface area contributed by atoms with Crippen LogP contribution in [-0.4, -0.2) is 23.0 Å². The van der Waals surface area contributed by atoms with Gasteiger partial charge in [0.05, 0.1) is 10.0 Å². The first-order valence-electron chi connectivity index (χ1n) is 5.07. The maximum atomic E-state index is 11.4. The van der Waals surface area contributed by atoms with Gasteiger partial charge in [-0.05, 0) is 24.6 Å². The summed E-state index contributed by atoms with van der Waals surface area (Å²) >= 11 is 11.7. The predicted octanol–water partition coefficient (Wildman–Crippen LogP) is 2.60. The highest BCUT2D eigenvalue weighted by atomic mass is 35.5. The molecule has 1 aromatic carbocycles. The van der Waals surface area contributed by atoms with Crippen LogP contribution < -0.4 is 5.32 Å². The molecule has 0 aliphatic carbocycles. The Morgan fingerprint density at radius 1 is 1.39 bits per heavy atom. The highest BCUT2D eigenvalue weighted by Crippen LogP contribution is 2.26. The Labute approximate surface area is 114 Å². The Kier molecular flexibility index (Phi) is 5.19. The largest absolute Gasteiger partial charge is 0.480 e. The molecule has 0 saturated heterocycles. The van der Waals surface area contributed by atoms with Crippen molar-refractivity contribution in [2.75, 3.05) is 0 Å². The normalized spacial score (nSPS) is 12.4. The molecule has 0 heterocycles. The number of hydrogen-bond acceptors (Lipinski definition) is 2. The number of nitrogens with one attached hydrogen (secondary N) is 1. The molecule has 1 unspecified atom stereocenters. The van der Waals surface area contributed by atoms with Crippen LogP contribution in [0, 0.1) is 0 Å². The average Bonchev–Trinajstić information content (AvgIpc) is 2.31. The summed E-state index contributed by atoms with van der Waals surface area (Å²) in [5.74, 6) is -1.61. The molecule has 0 saturated carbocycles. The van der Waals surface area contributed by atoms with Gasteiger partial charge in [-0.15, -0.1) is 0 Å². The monoisotopic (exact) mass is 287 g/mol. The minimum atomic E-state index is -1.10. The first kappa shape index (κ1) is 14.5. The van der Waals surface area contributed by atoms with Gasteiger partial charge in [-0.25, -0.2) is 0 Å². The van der Waals surface area contributed by atoms with Gasteiger partial charge < -0.3 is 10.4 Å². The van der Waals surface area contributed by atoms with E-state index in [0.717, 1.165) is 0 Å². The number of carbonyl (C=O) groups is 2. The molecule has 96 valence electrons. The minimum Gasteiger partial charge on any atom is -0.480 e. The fourth-order valence-corrected chi connectivity index (χ4v) is 1.51. The second-order valence-corrected chi connectivity index (χ2v) is 4.33. The van der Waals surface area contributed by atoms with Crippen molar-refractivity contribution >= 4 is 41.2 Å². The second kappa shape index (κ2) is 6.42. The number of rotatable bonds is 4. The van der Waals surface area contributed by atoms with Gasteiger partial charge in [-0.1, -0.05) is 35.3 Å². The van der Waals surface area contributed by atoms with Crippen molar-refractivity contribution in [3.8, 4) is 0 Å². The number of benzene rings is 1. The Balaban J connectivity index is 2.72. The van der Waals surface area contributed by atoms with Gasteiger partial charge in [0.15, 0.2) is 0 Å². The Morgan fingerprint density at radius 2 is 2.06 bits per heavy atom. The van der Waals surface area contributed by atoms with Crippen LogP contribution in [0.4, 0.5) is 0 Å². The van der Waals surface area contributed by atoms with Crippen LogP contribution in [0.5, 0.6) is 0 Å². The number of amides is 1. The molecule has 4 nitrogen and oxygen atoms in total. The lowest BCUT2D eigenvalue weighted by atomic mass is 10.2. The number of carboxylic acid groups (broad SMARTS) is 1. The summed E-state index contributed by atoms with van der Waals surface area (Å²) in [4.78, 5) is 21.9. The van der Waals surface area contributed by atoms with Gasteiger partial charge >= 0.3 is 5.97 Å². The highest BCUT2D eigenvalue weighted by Gasteiger charge is 2.11. The van der Waals surface area contributed by atoms with Crippen molar-refractivity contribution in [2.45, 2.75) is 13.0 Å². The minimum absolute atomic E-state index is 0.342. The van der Waals surface area contributed by atoms with Crippen LogP contribution in [-0.2, 0) is 9.59 Å². The van der Waals surface area contributed by atoms with Crippen LogP contribution in [0.3, 0.4) is 0 Å². The molecule has 0 aliphatic rings. The van der Waals surface area contributed by atoms with Crippen LogP contribution >= 0.6 is 23.2 Å². The van der Waals surface area contributed by atoms with Crippen molar-refractivity contribution < 1.29 is 14.7 Å². The Bertz CT molecular complexity index is 500. The molecule has 6 heteroatoms. The maximum Gasteiger partial charge on any atom is 0.325 e. The third kappa shape index (κ3) is 4.05. The molecule has 1 amide bonds. The van der Waals surface area contributed by atoms with Gasteiger partial charge in [-0.3, -0.25) is 9.59 Å². The average molecular weight is 288 g/mol. The van der Waals surface area contributed by atoms with Crippen LogP contribution in [0.2, 0.25) is 10.0 Å². The summed E-state index contributed by atoms with van der Waals surface area (Å²) in [5.41, 5.74) is 0.585. The molecule has 1 rings (SSSR count). The smallest absolute Gasteiger partial charge is 0.325 e. The first-order chi connectivity index (χ1) is 8.41. The molecule has 0 bridgehead atoms. The third-order valence-corrected chi connectivity index (χ3v) is 2.96. The molecule has 1 aromatic rings. The summed E-state index contributed by atoms with van der Waals surface area (Å²) in [7, 11) is 0. The number of aliphatic carboxylic acids is 1. The standard InChI is InChI=1S/C12H11Cl2NO3/c1-7(12(17)18)15-10(16)6-5-8-3-2-4-9(13)11(8)14/h2-7H,1H3,(H,15,16)(H,17,18)/b6-5+. The van der Waals surface area contributed by atoms with Gasteiger partial charge in [0.25, 0.3) is 0 Å². The summed E-state index contributed by atoms with van der Waals surface area (Å²) in [6.45, 7) is 1.38. The van der Waals surface area contributed by atoms with E-state index in [2.05, 4.69) is 5.32 Å². The van der Waals surface area contributed by atoms with E-state index >= 15 is 0 Å². The van der Waals surface area contributed by atoms with E-state index in [0.29, 0.717) is 15.6 Å². The number of carbonyl (C=O) groups excluding carboxylic acids is 1. The number of halogens is 2. The molecule has 18 heavy (non-hydrogen) atoms. The van der Waals surface area contributed by atoms with E-state index in [9.17, 15) is 9.59 Å². The molecule has 0 spiro atoms. The number of hydrogen-bond donors (Lipinski definition) is 2. The molecule has 1 atom stereocenters. The summed E-state index contributed by atoms with van der Waals surface area (Å²) in [5, 5.41) is 11.6. The SMILES string of the molecule is CC(NC(=O)/C=C/c1cccc(Cl)c1Cl)C(=O)O. The Hall–Kier alpha value is -1.52. The summed E-state index contributed by atoms with van der Waals surface area (Å²) < 4.78 is 0. The van der Waals surface area contributed by atoms with Crippen LogP contribution in [0.15, 0.2) is 24.3 Å². The highest BCUT2D eigenvalue weighted by molar-refractivity contribution is 6.42. The number of carboxylic acids is 1. The zero-order chi connectivity index (χ0) is 13.7. The van der Waals surface area contributed by atoms with E-state index in [1.807, 2.05) is 0 Å². The van der Waals surface area contributed by atoms with Crippen LogP contribution in [0.25, 0.3) is 6.08 Å². The molecule has 0 radical (unpaired) electrons. The van der Waals surface area contributed by atoms with E-state index in [-0.39, 0.29) is 0 Å². The zero-order valence-electron chi connectivity index (χ0n) is 9.48. The van der Waals surface area contributed by atoms with Gasteiger partial charge in [-0.2, -0.15) is 0 Å². The fraction of sp³-hybridized carbons (Fsp3) is 0.167. The molecule has 2 N–H and O–H groups in total. The van der Waals surface area contributed by atoms with Crippen molar-refractivity contribution in [3.63, 3.8) is 0 Å². The lowest BCUT2D eigenvalue weighted by Crippen LogP contribution is -2.37. The molecule has 0 aliphatic heterocycles. The molecular formula is C12H11Cl2NO3. The predicted molar refractivity (Wildman–Crippen MR) is 70.7 cm³/mol. The van der Waals surface area contributed by atoms with Crippen molar-refractivity contribution in [1.29, 1.82) is 0 Å². The molecule has 0 aromatic heterocycles. The van der Waals surface area contributed by atoms with Gasteiger partial charge in [0.1, 0.15) is 6.04 Å². The molecular weight excluding hydrogens is 277 g/mol. The lowest BCUT2D eigenvalue weighted by molar-refractivity contribution is -0.140. The van der Waals surface area contributed by atoms with Crippen molar-refractivity contribution in [1.82, 2.24) is 5.32 Å². The topological polar surface area (TPSA) is 66.4 Å². The van der Waals surface area contributed by atoms with Crippen LogP contribution in [0.1, 0.15) is 12.5 Å². The molecule has 0 fully saturated rings. The quantitative estimate of drug-likeness (QED) is 0.837. The van der Waals surface area contributed by atoms with Crippen molar-refractivity contribution in [2.24, 2.45) is 0 Å². The van der Waals surface area contributed by atoms with Gasteiger partial charge in [0.2, 0.25) is 5.91 Å². The van der Waals surface area contributed by atoms with Crippen molar-refractivity contribution in [3.05, 3.63) is 39.9 Å². The zero-order valence-corrected chi connectivity index (χ0v) is 11.0. The first-order valence-corrected chi connectivity index (χ1v) is 5.83. The Morgan fingerprint density at radius 3 is 2.67 bits per heavy atom. The fourth-order valence-electron chi connectivity index (χ4n) is 1.14. The maximum absolute atomic E-state index is 11.4. The van der Waals surface area contributed by atoms with E-state index in [1.165, 1.54) is 19.1 Å². The van der Waals surface area contributed by atoms with E-state index in [4.69, 9.17) is 28.3 Å². The lowest BCUT2D eigenvalue weighted by Gasteiger charge is -2.06. The second-order valence-electron chi connectivity index (χ2n) is 3.54. The summed E-state index contributed by atoms with van der Waals surface area (Å²) in [6, 6.07) is 4.08. The van der Waals surface area contributed by atoms with E-state index in [1.54, 1.807) is 18.2 Å². The third-order valence-electron chi connectivity index (χ3n) is 2.12. The van der Waals surface area contributed by atoms with Gasteiger partial charge in [0, 0.05) is 6.08 Å². The summed E-state index contributed by atoms with van der Waals surface area (Å²) in [6.07, 6.45) is 2.68.